The number of methoxy groups -OCH3 is 1. The zero-order valence-electron chi connectivity index (χ0n) is 15.2. The van der Waals surface area contributed by atoms with E-state index in [1.54, 1.807) is 12.1 Å². The molecule has 0 spiro atoms. The lowest BCUT2D eigenvalue weighted by Gasteiger charge is -2.10. The molecule has 0 saturated heterocycles. The van der Waals surface area contributed by atoms with Gasteiger partial charge in [-0.2, -0.15) is 4.80 Å². The number of carbonyl (C=O) groups excluding carboxylic acids is 1. The van der Waals surface area contributed by atoms with Crippen molar-refractivity contribution in [2.24, 2.45) is 5.73 Å². The van der Waals surface area contributed by atoms with Gasteiger partial charge >= 0.3 is 0 Å². The molecule has 12 heteroatoms. The topological polar surface area (TPSA) is 142 Å². The summed E-state index contributed by atoms with van der Waals surface area (Å²) in [6.45, 7) is -0.250. The number of nitrogens with one attached hydrogen (secondary N) is 1. The quantitative estimate of drug-likeness (QED) is 0.534. The van der Waals surface area contributed by atoms with Crippen LogP contribution in [-0.2, 0) is 21.4 Å². The molecule has 29 heavy (non-hydrogen) atoms. The number of ether oxygens (including phenoxy) is 1. The highest BCUT2D eigenvalue weighted by molar-refractivity contribution is 7.89. The molecular formula is C17H17FN6O4S. The minimum atomic E-state index is -4.00. The van der Waals surface area contributed by atoms with Crippen molar-refractivity contribution < 1.29 is 22.3 Å². The summed E-state index contributed by atoms with van der Waals surface area (Å²) in [7, 11) is -2.69. The van der Waals surface area contributed by atoms with E-state index in [4.69, 9.17) is 10.5 Å². The third kappa shape index (κ3) is 4.92. The molecule has 0 aliphatic rings. The molecule has 0 fully saturated rings. The number of nitrogens with two attached hydrogens (primary N) is 1. The van der Waals surface area contributed by atoms with Crippen LogP contribution in [0.2, 0.25) is 0 Å². The minimum absolute atomic E-state index is 0.0364. The van der Waals surface area contributed by atoms with E-state index >= 15 is 0 Å². The third-order valence-electron chi connectivity index (χ3n) is 3.84. The number of amides is 1. The van der Waals surface area contributed by atoms with Crippen LogP contribution >= 0.6 is 0 Å². The number of halogens is 1. The molecule has 1 aromatic heterocycles. The summed E-state index contributed by atoms with van der Waals surface area (Å²) in [5.74, 6) is -0.867. The van der Waals surface area contributed by atoms with Crippen LogP contribution in [0, 0.1) is 5.82 Å². The van der Waals surface area contributed by atoms with Gasteiger partial charge < -0.3 is 10.5 Å². The molecule has 3 N–H and O–H groups in total. The van der Waals surface area contributed by atoms with Gasteiger partial charge in [-0.3, -0.25) is 4.79 Å². The molecule has 10 nitrogen and oxygen atoms in total. The van der Waals surface area contributed by atoms with Gasteiger partial charge in [-0.1, -0.05) is 12.1 Å². The first-order valence-corrected chi connectivity index (χ1v) is 9.75. The summed E-state index contributed by atoms with van der Waals surface area (Å²) in [5.41, 5.74) is 6.23. The smallest absolute Gasteiger partial charge is 0.244 e. The molecule has 1 heterocycles. The zero-order chi connectivity index (χ0) is 21.0. The number of hydrogen-bond donors (Lipinski definition) is 2. The second kappa shape index (κ2) is 8.32. The lowest BCUT2D eigenvalue weighted by Crippen LogP contribution is -2.33. The number of aromatic nitrogens is 4. The van der Waals surface area contributed by atoms with Crippen molar-refractivity contribution in [3.05, 3.63) is 53.8 Å². The molecular weight excluding hydrogens is 403 g/mol. The van der Waals surface area contributed by atoms with E-state index in [2.05, 4.69) is 20.1 Å². The van der Waals surface area contributed by atoms with E-state index in [9.17, 15) is 17.6 Å². The molecule has 2 aromatic carbocycles. The van der Waals surface area contributed by atoms with Crippen molar-refractivity contribution in [3.8, 4) is 17.1 Å². The first kappa shape index (κ1) is 20.4. The second-order valence-corrected chi connectivity index (χ2v) is 7.66. The van der Waals surface area contributed by atoms with Gasteiger partial charge in [-0.25, -0.2) is 17.5 Å². The fraction of sp³-hybridized carbons (Fsp3) is 0.176. The van der Waals surface area contributed by atoms with Crippen LogP contribution < -0.4 is 15.2 Å². The molecule has 0 unspecified atom stereocenters. The van der Waals surface area contributed by atoms with Crippen LogP contribution in [0.3, 0.4) is 0 Å². The van der Waals surface area contributed by atoms with Crippen LogP contribution in [0.25, 0.3) is 11.4 Å². The first-order valence-electron chi connectivity index (χ1n) is 8.27. The van der Waals surface area contributed by atoms with Crippen molar-refractivity contribution in [1.29, 1.82) is 0 Å². The number of nitrogens with zero attached hydrogens (tertiary/aromatic N) is 4. The van der Waals surface area contributed by atoms with Crippen LogP contribution in [0.4, 0.5) is 4.39 Å². The molecule has 0 radical (unpaired) electrons. The van der Waals surface area contributed by atoms with E-state index in [1.165, 1.54) is 42.2 Å². The van der Waals surface area contributed by atoms with Crippen LogP contribution in [-0.4, -0.2) is 48.2 Å². The number of benzene rings is 2. The highest BCUT2D eigenvalue weighted by Crippen LogP contribution is 2.28. The molecule has 0 bridgehead atoms. The van der Waals surface area contributed by atoms with E-state index in [0.717, 1.165) is 5.56 Å². The summed E-state index contributed by atoms with van der Waals surface area (Å²) >= 11 is 0. The van der Waals surface area contributed by atoms with Crippen molar-refractivity contribution in [2.75, 3.05) is 13.7 Å². The molecule has 3 aromatic rings. The third-order valence-corrected chi connectivity index (χ3v) is 5.28. The number of primary amides is 1. The molecule has 0 aliphatic carbocycles. The highest BCUT2D eigenvalue weighted by Gasteiger charge is 2.21. The van der Waals surface area contributed by atoms with Gasteiger partial charge in [0.2, 0.25) is 21.8 Å². The van der Waals surface area contributed by atoms with Gasteiger partial charge in [0.1, 0.15) is 16.5 Å². The molecule has 152 valence electrons. The van der Waals surface area contributed by atoms with Crippen molar-refractivity contribution >= 4 is 15.9 Å². The Labute approximate surface area is 165 Å². The van der Waals surface area contributed by atoms with Gasteiger partial charge in [0.05, 0.1) is 20.2 Å². The number of tetrazole rings is 1. The van der Waals surface area contributed by atoms with Gasteiger partial charge in [0.25, 0.3) is 0 Å². The van der Waals surface area contributed by atoms with E-state index < -0.39 is 22.5 Å². The Balaban J connectivity index is 1.84. The van der Waals surface area contributed by atoms with Gasteiger partial charge in [-0.15, -0.1) is 10.2 Å². The molecule has 0 saturated carbocycles. The first-order chi connectivity index (χ1) is 13.8. The summed E-state index contributed by atoms with van der Waals surface area (Å²) < 4.78 is 44.9. The number of carbonyl (C=O) groups is 1. The van der Waals surface area contributed by atoms with Crippen molar-refractivity contribution in [2.45, 2.75) is 11.4 Å². The maximum atomic E-state index is 13.0. The largest absolute Gasteiger partial charge is 0.495 e. The van der Waals surface area contributed by atoms with Crippen molar-refractivity contribution in [3.63, 3.8) is 0 Å². The average molecular weight is 420 g/mol. The number of rotatable bonds is 8. The molecule has 3 rings (SSSR count). The highest BCUT2D eigenvalue weighted by atomic mass is 32.2. The number of sulfonamides is 1. The maximum absolute atomic E-state index is 13.0. The van der Waals surface area contributed by atoms with Gasteiger partial charge in [-0.05, 0) is 41.1 Å². The summed E-state index contributed by atoms with van der Waals surface area (Å²) in [5, 5.41) is 12.1. The van der Waals surface area contributed by atoms with Crippen LogP contribution in [0.5, 0.6) is 5.75 Å². The lowest BCUT2D eigenvalue weighted by atomic mass is 10.2. The summed E-state index contributed by atoms with van der Waals surface area (Å²) in [4.78, 5) is 12.0. The van der Waals surface area contributed by atoms with Crippen LogP contribution in [0.1, 0.15) is 5.56 Å². The van der Waals surface area contributed by atoms with E-state index in [0.29, 0.717) is 5.56 Å². The second-order valence-electron chi connectivity index (χ2n) is 5.93. The fourth-order valence-corrected chi connectivity index (χ4v) is 3.59. The predicted molar refractivity (Wildman–Crippen MR) is 99.7 cm³/mol. The van der Waals surface area contributed by atoms with Gasteiger partial charge in [0.15, 0.2) is 0 Å². The van der Waals surface area contributed by atoms with Crippen LogP contribution in [0.15, 0.2) is 47.4 Å². The predicted octanol–water partition coefficient (Wildman–Crippen LogP) is 0.300. The summed E-state index contributed by atoms with van der Waals surface area (Å²) in [6, 6.07) is 10.1. The monoisotopic (exact) mass is 420 g/mol. The molecule has 1 amide bonds. The summed E-state index contributed by atoms with van der Waals surface area (Å²) in [6.07, 6.45) is 0. The average Bonchev–Trinajstić information content (AvgIpc) is 3.16. The van der Waals surface area contributed by atoms with E-state index in [1.807, 2.05) is 0 Å². The van der Waals surface area contributed by atoms with Crippen molar-refractivity contribution in [1.82, 2.24) is 24.9 Å². The Hall–Kier alpha value is -3.38. The van der Waals surface area contributed by atoms with E-state index in [-0.39, 0.29) is 28.8 Å². The maximum Gasteiger partial charge on any atom is 0.244 e. The lowest BCUT2D eigenvalue weighted by molar-refractivity contribution is -0.116. The number of hydrogen-bond acceptors (Lipinski definition) is 7. The Morgan fingerprint density at radius 1 is 1.24 bits per heavy atom. The Kier molecular flexibility index (Phi) is 5.84. The Bertz CT molecular complexity index is 1130. The molecule has 0 aliphatic heterocycles. The van der Waals surface area contributed by atoms with Gasteiger partial charge in [0, 0.05) is 5.56 Å². The zero-order valence-corrected chi connectivity index (χ0v) is 16.1. The molecule has 0 atom stereocenters. The Morgan fingerprint density at radius 3 is 2.62 bits per heavy atom. The SMILES string of the molecule is COc1cc(-c2nnn(Cc3ccc(F)cc3)n2)ccc1S(=O)(=O)NCC(N)=O. The minimum Gasteiger partial charge on any atom is -0.495 e. The normalized spacial score (nSPS) is 11.4. The Morgan fingerprint density at radius 2 is 1.97 bits per heavy atom. The standard InChI is InChI=1S/C17H17FN6O4S/c1-28-14-8-12(4-7-15(14)29(26,27)20-9-16(19)25)17-21-23-24(22-17)10-11-2-5-13(18)6-3-11/h2-8,20H,9-10H2,1H3,(H2,19,25). The fourth-order valence-electron chi connectivity index (χ4n) is 2.45.